The van der Waals surface area contributed by atoms with Crippen LogP contribution in [0.2, 0.25) is 0 Å². The van der Waals surface area contributed by atoms with E-state index in [0.29, 0.717) is 5.92 Å². The van der Waals surface area contributed by atoms with Gasteiger partial charge in [-0.1, -0.05) is 30.4 Å². The minimum absolute atomic E-state index is 0.168. The van der Waals surface area contributed by atoms with Crippen LogP contribution in [0.15, 0.2) is 48.6 Å². The topological polar surface area (TPSA) is 20.3 Å². The number of hydrogen-bond acceptors (Lipinski definition) is 1. The molecule has 2 heteroatoms. The molecule has 88 valence electrons. The lowest BCUT2D eigenvalue weighted by atomic mass is 9.78. The van der Waals surface area contributed by atoms with Gasteiger partial charge in [0.25, 0.3) is 0 Å². The summed E-state index contributed by atoms with van der Waals surface area (Å²) in [6.07, 6.45) is 15.6. The van der Waals surface area contributed by atoms with Crippen LogP contribution in [-0.2, 0) is 4.79 Å². The Morgan fingerprint density at radius 2 is 2.35 bits per heavy atom. The molecular weight excluding hydrogens is 210 g/mol. The van der Waals surface area contributed by atoms with Crippen molar-refractivity contribution in [3.05, 3.63) is 48.6 Å². The SMILES string of the molecule is C=C[C@@H]1C=C[C@@]23C=CCCCN2C(=O)C=C3C1. The second kappa shape index (κ2) is 3.73. The molecule has 0 fully saturated rings. The van der Waals surface area contributed by atoms with E-state index in [4.69, 9.17) is 0 Å². The highest BCUT2D eigenvalue weighted by atomic mass is 16.2. The molecule has 3 rings (SSSR count). The summed E-state index contributed by atoms with van der Waals surface area (Å²) in [5.41, 5.74) is 0.987. The van der Waals surface area contributed by atoms with Gasteiger partial charge < -0.3 is 4.90 Å². The van der Waals surface area contributed by atoms with Gasteiger partial charge >= 0.3 is 0 Å². The number of rotatable bonds is 1. The molecule has 2 aliphatic heterocycles. The van der Waals surface area contributed by atoms with Crippen LogP contribution < -0.4 is 0 Å². The van der Waals surface area contributed by atoms with Gasteiger partial charge in [0, 0.05) is 12.6 Å². The molecule has 0 N–H and O–H groups in total. The third-order valence-corrected chi connectivity index (χ3v) is 4.01. The number of carbonyl (C=O) groups is 1. The molecule has 3 aliphatic rings. The van der Waals surface area contributed by atoms with E-state index >= 15 is 0 Å². The van der Waals surface area contributed by atoms with Crippen LogP contribution >= 0.6 is 0 Å². The Morgan fingerprint density at radius 3 is 3.18 bits per heavy atom. The first-order valence-corrected chi connectivity index (χ1v) is 6.28. The van der Waals surface area contributed by atoms with Crippen LogP contribution in [0.25, 0.3) is 0 Å². The highest BCUT2D eigenvalue weighted by Gasteiger charge is 2.45. The van der Waals surface area contributed by atoms with Gasteiger partial charge in [0.05, 0.1) is 0 Å². The second-order valence-corrected chi connectivity index (χ2v) is 4.99. The molecule has 0 saturated heterocycles. The number of nitrogens with zero attached hydrogens (tertiary/aromatic N) is 1. The van der Waals surface area contributed by atoms with Crippen molar-refractivity contribution in [1.82, 2.24) is 4.90 Å². The lowest BCUT2D eigenvalue weighted by Gasteiger charge is -2.38. The molecule has 0 saturated carbocycles. The van der Waals surface area contributed by atoms with Crippen LogP contribution in [0, 0.1) is 5.92 Å². The van der Waals surface area contributed by atoms with Crippen LogP contribution in [-0.4, -0.2) is 22.9 Å². The third kappa shape index (κ3) is 1.43. The Balaban J connectivity index is 2.09. The minimum atomic E-state index is -0.243. The van der Waals surface area contributed by atoms with E-state index in [-0.39, 0.29) is 11.4 Å². The van der Waals surface area contributed by atoms with Crippen molar-refractivity contribution in [2.75, 3.05) is 6.54 Å². The molecule has 0 unspecified atom stereocenters. The molecule has 0 aromatic rings. The summed E-state index contributed by atoms with van der Waals surface area (Å²) < 4.78 is 0. The van der Waals surface area contributed by atoms with Gasteiger partial charge in [-0.25, -0.2) is 0 Å². The fourth-order valence-corrected chi connectivity index (χ4v) is 3.05. The van der Waals surface area contributed by atoms with Crippen molar-refractivity contribution in [2.45, 2.75) is 24.8 Å². The Bertz CT molecular complexity index is 458. The number of amides is 1. The van der Waals surface area contributed by atoms with E-state index in [0.717, 1.165) is 25.8 Å². The largest absolute Gasteiger partial charge is 0.323 e. The smallest absolute Gasteiger partial charge is 0.247 e. The van der Waals surface area contributed by atoms with E-state index in [1.807, 2.05) is 17.1 Å². The lowest BCUT2D eigenvalue weighted by molar-refractivity contribution is -0.126. The van der Waals surface area contributed by atoms with Gasteiger partial charge in [0.1, 0.15) is 5.54 Å². The fraction of sp³-hybridized carbons (Fsp3) is 0.400. The predicted molar refractivity (Wildman–Crippen MR) is 68.3 cm³/mol. The van der Waals surface area contributed by atoms with E-state index in [2.05, 4.69) is 30.9 Å². The molecule has 2 nitrogen and oxygen atoms in total. The molecule has 2 atom stereocenters. The standard InChI is InChI=1S/C15H17NO/c1-2-12-6-8-15-7-4-3-5-9-16(15)14(17)11-13(15)10-12/h2,4,6-8,11-12H,1,3,5,9-10H2/t12-,15-/m1/s1. The number of carbonyl (C=O) groups excluding carboxylic acids is 1. The summed E-state index contributed by atoms with van der Waals surface area (Å²) >= 11 is 0. The molecule has 1 aliphatic carbocycles. The Hall–Kier alpha value is -1.57. The molecule has 0 aromatic carbocycles. The number of hydrogen-bond donors (Lipinski definition) is 0. The van der Waals surface area contributed by atoms with Crippen molar-refractivity contribution >= 4 is 5.91 Å². The average molecular weight is 227 g/mol. The van der Waals surface area contributed by atoms with E-state index in [1.165, 1.54) is 5.57 Å². The lowest BCUT2D eigenvalue weighted by Crippen LogP contribution is -2.46. The van der Waals surface area contributed by atoms with Gasteiger partial charge in [-0.15, -0.1) is 6.58 Å². The van der Waals surface area contributed by atoms with Crippen molar-refractivity contribution < 1.29 is 4.79 Å². The van der Waals surface area contributed by atoms with E-state index in [1.54, 1.807) is 0 Å². The zero-order valence-electron chi connectivity index (χ0n) is 9.93. The maximum atomic E-state index is 12.1. The van der Waals surface area contributed by atoms with Crippen molar-refractivity contribution in [2.24, 2.45) is 5.92 Å². The number of allylic oxidation sites excluding steroid dienone is 3. The molecule has 0 aromatic heterocycles. The van der Waals surface area contributed by atoms with Crippen molar-refractivity contribution in [3.8, 4) is 0 Å². The van der Waals surface area contributed by atoms with Crippen LogP contribution in [0.4, 0.5) is 0 Å². The molecule has 17 heavy (non-hydrogen) atoms. The quantitative estimate of drug-likeness (QED) is 0.630. The highest BCUT2D eigenvalue weighted by molar-refractivity contribution is 5.94. The zero-order chi connectivity index (χ0) is 11.9. The summed E-state index contributed by atoms with van der Waals surface area (Å²) in [6, 6.07) is 0. The first-order valence-electron chi connectivity index (χ1n) is 6.28. The molecule has 1 amide bonds. The Kier molecular flexibility index (Phi) is 2.32. The third-order valence-electron chi connectivity index (χ3n) is 4.01. The van der Waals surface area contributed by atoms with Crippen LogP contribution in [0.1, 0.15) is 19.3 Å². The second-order valence-electron chi connectivity index (χ2n) is 4.99. The van der Waals surface area contributed by atoms with Gasteiger partial charge in [0.15, 0.2) is 0 Å². The summed E-state index contributed by atoms with van der Waals surface area (Å²) in [5, 5.41) is 0. The molecule has 1 spiro atoms. The predicted octanol–water partition coefficient (Wildman–Crippen LogP) is 2.61. The molecule has 0 radical (unpaired) electrons. The summed E-state index contributed by atoms with van der Waals surface area (Å²) in [5.74, 6) is 0.539. The average Bonchev–Trinajstić information content (AvgIpc) is 2.51. The van der Waals surface area contributed by atoms with Gasteiger partial charge in [-0.05, 0) is 30.8 Å². The molecular formula is C15H17NO. The minimum Gasteiger partial charge on any atom is -0.323 e. The van der Waals surface area contributed by atoms with Crippen molar-refractivity contribution in [3.63, 3.8) is 0 Å². The van der Waals surface area contributed by atoms with E-state index in [9.17, 15) is 4.79 Å². The Labute approximate surface area is 102 Å². The van der Waals surface area contributed by atoms with Crippen LogP contribution in [0.3, 0.4) is 0 Å². The maximum absolute atomic E-state index is 12.1. The normalized spacial score (nSPS) is 35.1. The summed E-state index contributed by atoms with van der Waals surface area (Å²) in [7, 11) is 0. The Morgan fingerprint density at radius 1 is 1.47 bits per heavy atom. The highest BCUT2D eigenvalue weighted by Crippen LogP contribution is 2.42. The first-order chi connectivity index (χ1) is 8.26. The van der Waals surface area contributed by atoms with Gasteiger partial charge in [0.2, 0.25) is 5.91 Å². The molecule has 2 heterocycles. The van der Waals surface area contributed by atoms with Crippen LogP contribution in [0.5, 0.6) is 0 Å². The monoisotopic (exact) mass is 227 g/mol. The summed E-state index contributed by atoms with van der Waals surface area (Å²) in [6.45, 7) is 4.70. The van der Waals surface area contributed by atoms with Crippen molar-refractivity contribution in [1.29, 1.82) is 0 Å². The van der Waals surface area contributed by atoms with Gasteiger partial charge in [-0.3, -0.25) is 4.79 Å². The van der Waals surface area contributed by atoms with E-state index < -0.39 is 0 Å². The first kappa shape index (κ1) is 10.6. The summed E-state index contributed by atoms with van der Waals surface area (Å²) in [4.78, 5) is 14.1. The maximum Gasteiger partial charge on any atom is 0.247 e. The molecule has 0 bridgehead atoms. The fourth-order valence-electron chi connectivity index (χ4n) is 3.05. The zero-order valence-corrected chi connectivity index (χ0v) is 9.93. The van der Waals surface area contributed by atoms with Gasteiger partial charge in [-0.2, -0.15) is 0 Å².